The summed E-state index contributed by atoms with van der Waals surface area (Å²) in [6.45, 7) is 4.67. The molecule has 1 aliphatic carbocycles. The smallest absolute Gasteiger partial charge is 0.138 e. The lowest BCUT2D eigenvalue weighted by atomic mass is 9.85. The van der Waals surface area contributed by atoms with E-state index in [9.17, 15) is 5.11 Å². The van der Waals surface area contributed by atoms with Crippen molar-refractivity contribution in [1.82, 2.24) is 14.8 Å². The van der Waals surface area contributed by atoms with Crippen LogP contribution in [0.3, 0.4) is 0 Å². The molecular formula is C17H23N3O. The molecule has 1 aromatic heterocycles. The summed E-state index contributed by atoms with van der Waals surface area (Å²) in [7, 11) is 0. The van der Waals surface area contributed by atoms with Gasteiger partial charge in [-0.05, 0) is 56.2 Å². The summed E-state index contributed by atoms with van der Waals surface area (Å²) in [5.74, 6) is 0.834. The van der Waals surface area contributed by atoms with Crippen molar-refractivity contribution in [2.45, 2.75) is 58.1 Å². The van der Waals surface area contributed by atoms with E-state index >= 15 is 0 Å². The monoisotopic (exact) mass is 285 g/mol. The van der Waals surface area contributed by atoms with Gasteiger partial charge >= 0.3 is 0 Å². The SMILES string of the molecule is CCn1ncnc1CC(C)(O)c1ccc2c(c1)CCCC2. The van der Waals surface area contributed by atoms with Gasteiger partial charge in [0.05, 0.1) is 5.60 Å². The van der Waals surface area contributed by atoms with E-state index in [0.717, 1.165) is 24.4 Å². The molecule has 4 heteroatoms. The number of hydrogen-bond donors (Lipinski definition) is 1. The number of benzene rings is 1. The molecule has 1 aliphatic rings. The van der Waals surface area contributed by atoms with Crippen LogP contribution in [-0.4, -0.2) is 19.9 Å². The van der Waals surface area contributed by atoms with Crippen molar-refractivity contribution in [2.75, 3.05) is 0 Å². The van der Waals surface area contributed by atoms with Crippen molar-refractivity contribution >= 4 is 0 Å². The number of hydrogen-bond acceptors (Lipinski definition) is 3. The summed E-state index contributed by atoms with van der Waals surface area (Å²) in [6.07, 6.45) is 6.87. The van der Waals surface area contributed by atoms with E-state index in [1.807, 2.05) is 18.5 Å². The van der Waals surface area contributed by atoms with Gasteiger partial charge in [0, 0.05) is 13.0 Å². The molecule has 0 amide bonds. The fourth-order valence-corrected chi connectivity index (χ4v) is 3.17. The minimum absolute atomic E-state index is 0.486. The zero-order chi connectivity index (χ0) is 14.9. The average molecular weight is 285 g/mol. The lowest BCUT2D eigenvalue weighted by molar-refractivity contribution is 0.0542. The van der Waals surface area contributed by atoms with Gasteiger partial charge in [-0.1, -0.05) is 18.2 Å². The molecular weight excluding hydrogens is 262 g/mol. The molecule has 112 valence electrons. The standard InChI is InChI=1S/C17H23N3O/c1-3-20-16(18-12-19-20)11-17(2,21)15-9-8-13-6-4-5-7-14(13)10-15/h8-10,12,21H,3-7,11H2,1-2H3. The third kappa shape index (κ3) is 2.86. The molecule has 1 unspecified atom stereocenters. The molecule has 0 radical (unpaired) electrons. The van der Waals surface area contributed by atoms with Crippen molar-refractivity contribution in [1.29, 1.82) is 0 Å². The predicted octanol–water partition coefficient (Wildman–Crippen LogP) is 2.63. The highest BCUT2D eigenvalue weighted by Gasteiger charge is 2.27. The molecule has 0 fully saturated rings. The Labute approximate surface area is 125 Å². The van der Waals surface area contributed by atoms with Crippen LogP contribution in [0.2, 0.25) is 0 Å². The molecule has 0 saturated heterocycles. The van der Waals surface area contributed by atoms with Crippen molar-refractivity contribution in [3.8, 4) is 0 Å². The number of aromatic nitrogens is 3. The van der Waals surface area contributed by atoms with Crippen LogP contribution in [0, 0.1) is 0 Å². The fraction of sp³-hybridized carbons (Fsp3) is 0.529. The van der Waals surface area contributed by atoms with Crippen molar-refractivity contribution in [3.63, 3.8) is 0 Å². The van der Waals surface area contributed by atoms with E-state index in [1.54, 1.807) is 6.33 Å². The molecule has 1 atom stereocenters. The maximum Gasteiger partial charge on any atom is 0.138 e. The van der Waals surface area contributed by atoms with Gasteiger partial charge in [0.2, 0.25) is 0 Å². The maximum absolute atomic E-state index is 10.9. The van der Waals surface area contributed by atoms with E-state index in [-0.39, 0.29) is 0 Å². The molecule has 4 nitrogen and oxygen atoms in total. The Bertz CT molecular complexity index is 631. The zero-order valence-electron chi connectivity index (χ0n) is 12.8. The van der Waals surface area contributed by atoms with E-state index in [0.29, 0.717) is 6.42 Å². The second kappa shape index (κ2) is 5.60. The number of fused-ring (bicyclic) bond motifs is 1. The minimum atomic E-state index is -0.910. The summed E-state index contributed by atoms with van der Waals surface area (Å²) in [5.41, 5.74) is 2.91. The Balaban J connectivity index is 1.87. The number of rotatable bonds is 4. The van der Waals surface area contributed by atoms with Gasteiger partial charge in [-0.3, -0.25) is 4.68 Å². The molecule has 0 aliphatic heterocycles. The highest BCUT2D eigenvalue weighted by atomic mass is 16.3. The normalized spacial score (nSPS) is 17.3. The van der Waals surface area contributed by atoms with Crippen LogP contribution in [-0.2, 0) is 31.4 Å². The van der Waals surface area contributed by atoms with Crippen molar-refractivity contribution in [2.24, 2.45) is 0 Å². The van der Waals surface area contributed by atoms with Gasteiger partial charge < -0.3 is 5.11 Å². The number of aryl methyl sites for hydroxylation is 3. The van der Waals surface area contributed by atoms with Gasteiger partial charge in [0.25, 0.3) is 0 Å². The second-order valence-corrected chi connectivity index (χ2v) is 6.13. The molecule has 0 spiro atoms. The molecule has 21 heavy (non-hydrogen) atoms. The molecule has 1 N–H and O–H groups in total. The average Bonchev–Trinajstić information content (AvgIpc) is 2.93. The summed E-state index contributed by atoms with van der Waals surface area (Å²) >= 11 is 0. The second-order valence-electron chi connectivity index (χ2n) is 6.13. The number of aliphatic hydroxyl groups is 1. The molecule has 0 saturated carbocycles. The van der Waals surface area contributed by atoms with Gasteiger partial charge in [-0.2, -0.15) is 5.10 Å². The quantitative estimate of drug-likeness (QED) is 0.939. The fourth-order valence-electron chi connectivity index (χ4n) is 3.17. The van der Waals surface area contributed by atoms with Crippen LogP contribution >= 0.6 is 0 Å². The predicted molar refractivity (Wildman–Crippen MR) is 82.1 cm³/mol. The Morgan fingerprint density at radius 2 is 2.00 bits per heavy atom. The van der Waals surface area contributed by atoms with Crippen LogP contribution in [0.15, 0.2) is 24.5 Å². The molecule has 0 bridgehead atoms. The van der Waals surface area contributed by atoms with Gasteiger partial charge in [-0.15, -0.1) is 0 Å². The van der Waals surface area contributed by atoms with E-state index < -0.39 is 5.60 Å². The third-order valence-corrected chi connectivity index (χ3v) is 4.47. The Morgan fingerprint density at radius 3 is 2.76 bits per heavy atom. The van der Waals surface area contributed by atoms with Gasteiger partial charge in [0.1, 0.15) is 12.2 Å². The first-order valence-corrected chi connectivity index (χ1v) is 7.81. The molecule has 2 aromatic rings. The lowest BCUT2D eigenvalue weighted by Crippen LogP contribution is -2.27. The van der Waals surface area contributed by atoms with E-state index in [4.69, 9.17) is 0 Å². The summed E-state index contributed by atoms with van der Waals surface area (Å²) in [6, 6.07) is 6.43. The minimum Gasteiger partial charge on any atom is -0.385 e. The Morgan fingerprint density at radius 1 is 1.24 bits per heavy atom. The highest BCUT2D eigenvalue weighted by molar-refractivity contribution is 5.36. The van der Waals surface area contributed by atoms with E-state index in [1.165, 1.54) is 30.4 Å². The first-order valence-electron chi connectivity index (χ1n) is 7.81. The molecule has 1 aromatic carbocycles. The van der Waals surface area contributed by atoms with Crippen LogP contribution in [0.4, 0.5) is 0 Å². The van der Waals surface area contributed by atoms with Gasteiger partial charge in [-0.25, -0.2) is 4.98 Å². The summed E-state index contributed by atoms with van der Waals surface area (Å²) in [4.78, 5) is 4.28. The maximum atomic E-state index is 10.9. The Hall–Kier alpha value is -1.68. The summed E-state index contributed by atoms with van der Waals surface area (Å²) < 4.78 is 1.84. The largest absolute Gasteiger partial charge is 0.385 e. The van der Waals surface area contributed by atoms with Gasteiger partial charge in [0.15, 0.2) is 0 Å². The zero-order valence-corrected chi connectivity index (χ0v) is 12.8. The van der Waals surface area contributed by atoms with Crippen LogP contribution in [0.25, 0.3) is 0 Å². The lowest BCUT2D eigenvalue weighted by Gasteiger charge is -2.26. The molecule has 1 heterocycles. The first-order chi connectivity index (χ1) is 10.1. The first kappa shape index (κ1) is 14.3. The molecule has 3 rings (SSSR count). The van der Waals surface area contributed by atoms with Crippen molar-refractivity contribution in [3.05, 3.63) is 47.0 Å². The number of nitrogens with zero attached hydrogens (tertiary/aromatic N) is 3. The van der Waals surface area contributed by atoms with Crippen LogP contribution < -0.4 is 0 Å². The third-order valence-electron chi connectivity index (χ3n) is 4.47. The van der Waals surface area contributed by atoms with Crippen molar-refractivity contribution < 1.29 is 5.11 Å². The summed E-state index contributed by atoms with van der Waals surface area (Å²) in [5, 5.41) is 15.1. The Kier molecular flexibility index (Phi) is 3.81. The van der Waals surface area contributed by atoms with E-state index in [2.05, 4.69) is 28.3 Å². The van der Waals surface area contributed by atoms with Crippen LogP contribution in [0.1, 0.15) is 49.2 Å². The van der Waals surface area contributed by atoms with Crippen LogP contribution in [0.5, 0.6) is 0 Å². The highest BCUT2D eigenvalue weighted by Crippen LogP contribution is 2.29. The topological polar surface area (TPSA) is 50.9 Å².